The highest BCUT2D eigenvalue weighted by molar-refractivity contribution is 5.94. The molecule has 2 aliphatic heterocycles. The van der Waals surface area contributed by atoms with Gasteiger partial charge in [0.1, 0.15) is 0 Å². The quantitative estimate of drug-likeness (QED) is 0.914. The Morgan fingerprint density at radius 2 is 1.96 bits per heavy atom. The summed E-state index contributed by atoms with van der Waals surface area (Å²) in [6, 6.07) is 1.44. The maximum Gasteiger partial charge on any atom is 0.254 e. The Bertz CT molecular complexity index is 566. The summed E-state index contributed by atoms with van der Waals surface area (Å²) in [7, 11) is 2.14. The third kappa shape index (κ3) is 3.75. The minimum absolute atomic E-state index is 0.00605. The van der Waals surface area contributed by atoms with Crippen molar-refractivity contribution in [1.29, 1.82) is 0 Å². The molecule has 0 atom stereocenters. The topological polar surface area (TPSA) is 48.5 Å². The lowest BCUT2D eigenvalue weighted by Crippen LogP contribution is -2.61. The zero-order valence-corrected chi connectivity index (χ0v) is 14.4. The fourth-order valence-electron chi connectivity index (χ4n) is 3.91. The number of hydrogen-bond donors (Lipinski definition) is 1. The number of nitrogens with one attached hydrogen (secondary N) is 1. The monoisotopic (exact) mass is 334 g/mol. The lowest BCUT2D eigenvalue weighted by Gasteiger charge is -2.50. The van der Waals surface area contributed by atoms with Crippen LogP contribution in [0.15, 0.2) is 18.5 Å². The van der Waals surface area contributed by atoms with E-state index in [1.54, 1.807) is 0 Å². The molecule has 3 rings (SSSR count). The first-order chi connectivity index (χ1) is 11.6. The maximum atomic E-state index is 13.8. The SMILES string of the molecule is CN1CCC(CNC(=O)c2ccncc2F)(N2CCCCC2)CC1. The summed E-state index contributed by atoms with van der Waals surface area (Å²) in [5, 5.41) is 3.00. The molecular weight excluding hydrogens is 307 g/mol. The largest absolute Gasteiger partial charge is 0.350 e. The molecule has 1 aromatic rings. The highest BCUT2D eigenvalue weighted by Crippen LogP contribution is 2.31. The molecule has 0 bridgehead atoms. The van der Waals surface area contributed by atoms with E-state index in [4.69, 9.17) is 0 Å². The summed E-state index contributed by atoms with van der Waals surface area (Å²) in [5.74, 6) is -0.907. The number of piperidine rings is 2. The van der Waals surface area contributed by atoms with Crippen molar-refractivity contribution >= 4 is 5.91 Å². The normalized spacial score (nSPS) is 22.2. The van der Waals surface area contributed by atoms with E-state index in [9.17, 15) is 9.18 Å². The summed E-state index contributed by atoms with van der Waals surface area (Å²) in [4.78, 5) is 21.0. The molecule has 0 aliphatic carbocycles. The van der Waals surface area contributed by atoms with Crippen LogP contribution in [0.5, 0.6) is 0 Å². The van der Waals surface area contributed by atoms with Crippen LogP contribution in [-0.2, 0) is 0 Å². The number of carbonyl (C=O) groups excluding carboxylic acids is 1. The molecule has 2 aliphatic rings. The summed E-state index contributed by atoms with van der Waals surface area (Å²) < 4.78 is 13.8. The Morgan fingerprint density at radius 1 is 1.25 bits per heavy atom. The zero-order valence-electron chi connectivity index (χ0n) is 14.4. The van der Waals surface area contributed by atoms with Gasteiger partial charge in [-0.2, -0.15) is 0 Å². The number of likely N-dealkylation sites (tertiary alicyclic amines) is 2. The Labute approximate surface area is 143 Å². The molecule has 2 fully saturated rings. The molecule has 2 saturated heterocycles. The second kappa shape index (κ2) is 7.57. The number of pyridine rings is 1. The average Bonchev–Trinajstić information content (AvgIpc) is 2.62. The van der Waals surface area contributed by atoms with Crippen LogP contribution in [0.2, 0.25) is 0 Å². The Hall–Kier alpha value is -1.53. The predicted molar refractivity (Wildman–Crippen MR) is 91.4 cm³/mol. The highest BCUT2D eigenvalue weighted by Gasteiger charge is 2.39. The van der Waals surface area contributed by atoms with Crippen molar-refractivity contribution in [3.8, 4) is 0 Å². The maximum absolute atomic E-state index is 13.8. The van der Waals surface area contributed by atoms with E-state index in [1.165, 1.54) is 31.5 Å². The van der Waals surface area contributed by atoms with Gasteiger partial charge in [-0.25, -0.2) is 4.39 Å². The molecule has 6 heteroatoms. The van der Waals surface area contributed by atoms with Crippen LogP contribution in [-0.4, -0.2) is 66.0 Å². The molecule has 0 aromatic carbocycles. The van der Waals surface area contributed by atoms with E-state index in [1.807, 2.05) is 0 Å². The average molecular weight is 334 g/mol. The molecule has 5 nitrogen and oxygen atoms in total. The standard InChI is InChI=1S/C18H27FN4O/c1-22-11-6-18(7-12-22,23-9-3-2-4-10-23)14-21-17(24)15-5-8-20-13-16(15)19/h5,8,13H,2-4,6-7,9-12,14H2,1H3,(H,21,24). The molecule has 132 valence electrons. The van der Waals surface area contributed by atoms with Crippen molar-refractivity contribution in [2.75, 3.05) is 39.8 Å². The van der Waals surface area contributed by atoms with Gasteiger partial charge in [0.05, 0.1) is 11.8 Å². The predicted octanol–water partition coefficient (Wildman–Crippen LogP) is 1.90. The van der Waals surface area contributed by atoms with Gasteiger partial charge in [-0.1, -0.05) is 6.42 Å². The summed E-state index contributed by atoms with van der Waals surface area (Å²) >= 11 is 0. The first-order valence-corrected chi connectivity index (χ1v) is 8.92. The van der Waals surface area contributed by atoms with Crippen LogP contribution >= 0.6 is 0 Å². The number of hydrogen-bond acceptors (Lipinski definition) is 4. The van der Waals surface area contributed by atoms with E-state index < -0.39 is 5.82 Å². The van der Waals surface area contributed by atoms with Gasteiger partial charge in [-0.3, -0.25) is 14.7 Å². The van der Waals surface area contributed by atoms with Crippen LogP contribution in [0.25, 0.3) is 0 Å². The Morgan fingerprint density at radius 3 is 2.62 bits per heavy atom. The molecule has 1 aromatic heterocycles. The number of carbonyl (C=O) groups is 1. The minimum atomic E-state index is -0.564. The second-order valence-electron chi connectivity index (χ2n) is 7.11. The van der Waals surface area contributed by atoms with Crippen LogP contribution < -0.4 is 5.32 Å². The van der Waals surface area contributed by atoms with Gasteiger partial charge in [0.25, 0.3) is 5.91 Å². The fraction of sp³-hybridized carbons (Fsp3) is 0.667. The summed E-state index contributed by atoms with van der Waals surface area (Å²) in [5.41, 5.74) is 0.0817. The fourth-order valence-corrected chi connectivity index (χ4v) is 3.91. The van der Waals surface area contributed by atoms with Crippen molar-refractivity contribution < 1.29 is 9.18 Å². The van der Waals surface area contributed by atoms with Gasteiger partial charge in [-0.15, -0.1) is 0 Å². The van der Waals surface area contributed by atoms with E-state index in [0.717, 1.165) is 45.2 Å². The zero-order chi connectivity index (χ0) is 17.0. The van der Waals surface area contributed by atoms with Gasteiger partial charge >= 0.3 is 0 Å². The van der Waals surface area contributed by atoms with Crippen molar-refractivity contribution in [3.05, 3.63) is 29.8 Å². The van der Waals surface area contributed by atoms with E-state index in [0.29, 0.717) is 6.54 Å². The molecule has 1 amide bonds. The molecule has 0 unspecified atom stereocenters. The molecule has 0 spiro atoms. The number of nitrogens with zero attached hydrogens (tertiary/aromatic N) is 3. The van der Waals surface area contributed by atoms with Gasteiger partial charge in [0, 0.05) is 18.3 Å². The molecule has 3 heterocycles. The first-order valence-electron chi connectivity index (χ1n) is 8.92. The first kappa shape index (κ1) is 17.3. The van der Waals surface area contributed by atoms with Gasteiger partial charge in [0.2, 0.25) is 0 Å². The number of rotatable bonds is 4. The highest BCUT2D eigenvalue weighted by atomic mass is 19.1. The van der Waals surface area contributed by atoms with E-state index in [-0.39, 0.29) is 17.0 Å². The molecule has 1 N–H and O–H groups in total. The van der Waals surface area contributed by atoms with Crippen LogP contribution in [0, 0.1) is 5.82 Å². The Balaban J connectivity index is 1.70. The van der Waals surface area contributed by atoms with Crippen molar-refractivity contribution in [2.24, 2.45) is 0 Å². The third-order valence-electron chi connectivity index (χ3n) is 5.54. The Kier molecular flexibility index (Phi) is 5.46. The molecule has 24 heavy (non-hydrogen) atoms. The number of halogens is 1. The molecular formula is C18H27FN4O. The van der Waals surface area contributed by atoms with Crippen LogP contribution in [0.3, 0.4) is 0 Å². The lowest BCUT2D eigenvalue weighted by atomic mass is 9.84. The molecule has 0 radical (unpaired) electrons. The van der Waals surface area contributed by atoms with E-state index in [2.05, 4.69) is 27.1 Å². The van der Waals surface area contributed by atoms with Gasteiger partial charge in [-0.05, 0) is 65.0 Å². The van der Waals surface area contributed by atoms with Gasteiger partial charge < -0.3 is 10.2 Å². The lowest BCUT2D eigenvalue weighted by molar-refractivity contribution is 0.0145. The number of aromatic nitrogens is 1. The number of amides is 1. The summed E-state index contributed by atoms with van der Waals surface area (Å²) in [6.45, 7) is 4.86. The second-order valence-corrected chi connectivity index (χ2v) is 7.11. The van der Waals surface area contributed by atoms with Crippen molar-refractivity contribution in [1.82, 2.24) is 20.1 Å². The van der Waals surface area contributed by atoms with Crippen LogP contribution in [0.1, 0.15) is 42.5 Å². The van der Waals surface area contributed by atoms with Crippen molar-refractivity contribution in [3.63, 3.8) is 0 Å². The minimum Gasteiger partial charge on any atom is -0.350 e. The smallest absolute Gasteiger partial charge is 0.254 e. The van der Waals surface area contributed by atoms with Crippen molar-refractivity contribution in [2.45, 2.75) is 37.6 Å². The van der Waals surface area contributed by atoms with Gasteiger partial charge in [0.15, 0.2) is 5.82 Å². The van der Waals surface area contributed by atoms with E-state index >= 15 is 0 Å². The third-order valence-corrected chi connectivity index (χ3v) is 5.54. The molecule has 0 saturated carbocycles. The summed E-state index contributed by atoms with van der Waals surface area (Å²) in [6.07, 6.45) is 8.38. The van der Waals surface area contributed by atoms with Crippen LogP contribution in [0.4, 0.5) is 4.39 Å².